The molecule has 0 aromatic heterocycles. The fourth-order valence-electron chi connectivity index (χ4n) is 4.44. The van der Waals surface area contributed by atoms with Crippen LogP contribution in [0.4, 0.5) is 0 Å². The maximum absolute atomic E-state index is 12.8. The van der Waals surface area contributed by atoms with Crippen LogP contribution in [-0.4, -0.2) is 53.8 Å². The molecule has 0 aromatic rings. The highest BCUT2D eigenvalue weighted by atomic mass is 35.5. The maximum atomic E-state index is 12.8. The van der Waals surface area contributed by atoms with Crippen LogP contribution < -0.4 is 5.73 Å². The average molecular weight is 358 g/mol. The van der Waals surface area contributed by atoms with Gasteiger partial charge in [0.15, 0.2) is 0 Å². The van der Waals surface area contributed by atoms with Gasteiger partial charge in [0.05, 0.1) is 5.92 Å². The summed E-state index contributed by atoms with van der Waals surface area (Å²) in [6.07, 6.45) is 5.98. The van der Waals surface area contributed by atoms with E-state index in [-0.39, 0.29) is 35.6 Å². The number of carbonyl (C=O) groups excluding carboxylic acids is 2. The first kappa shape index (κ1) is 19.5. The number of hydrogen-bond donors (Lipinski definition) is 1. The van der Waals surface area contributed by atoms with Gasteiger partial charge in [-0.3, -0.25) is 9.59 Å². The Morgan fingerprint density at radius 1 is 1.29 bits per heavy atom. The minimum absolute atomic E-state index is 0. The van der Waals surface area contributed by atoms with Crippen molar-refractivity contribution in [2.75, 3.05) is 26.2 Å². The van der Waals surface area contributed by atoms with Crippen LogP contribution >= 0.6 is 12.4 Å². The summed E-state index contributed by atoms with van der Waals surface area (Å²) >= 11 is 0. The first-order valence-corrected chi connectivity index (χ1v) is 9.20. The third-order valence-corrected chi connectivity index (χ3v) is 6.30. The first-order valence-electron chi connectivity index (χ1n) is 9.20. The topological polar surface area (TPSA) is 66.6 Å². The minimum Gasteiger partial charge on any atom is -0.342 e. The Kier molecular flexibility index (Phi) is 6.19. The SMILES string of the molecule is CC1CCC(N2CC(C(=O)N3CCC(C)(CN)C3)CC2=O)CC1.Cl. The second-order valence-corrected chi connectivity index (χ2v) is 8.39. The fourth-order valence-corrected chi connectivity index (χ4v) is 4.44. The molecule has 1 saturated carbocycles. The molecule has 138 valence electrons. The van der Waals surface area contributed by atoms with Crippen molar-refractivity contribution >= 4 is 24.2 Å². The summed E-state index contributed by atoms with van der Waals surface area (Å²) in [5.74, 6) is 0.993. The van der Waals surface area contributed by atoms with Crippen LogP contribution in [0.3, 0.4) is 0 Å². The van der Waals surface area contributed by atoms with Gasteiger partial charge in [-0.2, -0.15) is 0 Å². The van der Waals surface area contributed by atoms with Crippen LogP contribution in [0.15, 0.2) is 0 Å². The summed E-state index contributed by atoms with van der Waals surface area (Å²) in [4.78, 5) is 29.1. The fraction of sp³-hybridized carbons (Fsp3) is 0.889. The van der Waals surface area contributed by atoms with Crippen molar-refractivity contribution in [1.29, 1.82) is 0 Å². The van der Waals surface area contributed by atoms with E-state index in [2.05, 4.69) is 13.8 Å². The van der Waals surface area contributed by atoms with Gasteiger partial charge < -0.3 is 15.5 Å². The standard InChI is InChI=1S/C18H31N3O2.ClH/c1-13-3-5-15(6-4-13)21-10-14(9-16(21)22)17(23)20-8-7-18(2,11-19)12-20;/h13-15H,3-12,19H2,1-2H3;1H. The molecule has 24 heavy (non-hydrogen) atoms. The molecule has 2 N–H and O–H groups in total. The third kappa shape index (κ3) is 3.88. The molecule has 5 nitrogen and oxygen atoms in total. The number of hydrogen-bond acceptors (Lipinski definition) is 3. The lowest BCUT2D eigenvalue weighted by atomic mass is 9.86. The molecule has 6 heteroatoms. The van der Waals surface area contributed by atoms with Gasteiger partial charge in [0.1, 0.15) is 0 Å². The van der Waals surface area contributed by atoms with Gasteiger partial charge in [0.25, 0.3) is 0 Å². The second-order valence-electron chi connectivity index (χ2n) is 8.39. The van der Waals surface area contributed by atoms with Crippen molar-refractivity contribution in [2.45, 2.75) is 58.4 Å². The van der Waals surface area contributed by atoms with E-state index in [1.165, 1.54) is 12.8 Å². The Labute approximate surface area is 151 Å². The van der Waals surface area contributed by atoms with Crippen LogP contribution in [-0.2, 0) is 9.59 Å². The summed E-state index contributed by atoms with van der Waals surface area (Å²) in [6, 6.07) is 0.365. The Morgan fingerprint density at radius 3 is 2.54 bits per heavy atom. The number of nitrogens with two attached hydrogens (primary N) is 1. The van der Waals surface area contributed by atoms with Gasteiger partial charge in [-0.25, -0.2) is 0 Å². The molecular weight excluding hydrogens is 326 g/mol. The monoisotopic (exact) mass is 357 g/mol. The second kappa shape index (κ2) is 7.61. The van der Waals surface area contributed by atoms with Gasteiger partial charge in [-0.15, -0.1) is 12.4 Å². The molecule has 3 aliphatic rings. The molecule has 0 spiro atoms. The van der Waals surface area contributed by atoms with Crippen LogP contribution in [0.2, 0.25) is 0 Å². The predicted octanol–water partition coefficient (Wildman–Crippen LogP) is 2.03. The van der Waals surface area contributed by atoms with Gasteiger partial charge in [0, 0.05) is 32.1 Å². The van der Waals surface area contributed by atoms with Crippen molar-refractivity contribution in [1.82, 2.24) is 9.80 Å². The molecule has 2 amide bonds. The zero-order valence-corrected chi connectivity index (χ0v) is 15.8. The first-order chi connectivity index (χ1) is 10.9. The van der Waals surface area contributed by atoms with Crippen molar-refractivity contribution in [2.24, 2.45) is 23.0 Å². The number of nitrogens with zero attached hydrogens (tertiary/aromatic N) is 2. The lowest BCUT2D eigenvalue weighted by Gasteiger charge is -2.33. The summed E-state index contributed by atoms with van der Waals surface area (Å²) in [7, 11) is 0. The molecule has 3 fully saturated rings. The quantitative estimate of drug-likeness (QED) is 0.840. The van der Waals surface area contributed by atoms with Crippen LogP contribution in [0.25, 0.3) is 0 Å². The van der Waals surface area contributed by atoms with Crippen molar-refractivity contribution < 1.29 is 9.59 Å². The predicted molar refractivity (Wildman–Crippen MR) is 96.8 cm³/mol. The van der Waals surface area contributed by atoms with E-state index in [0.29, 0.717) is 25.6 Å². The number of carbonyl (C=O) groups is 2. The molecule has 2 saturated heterocycles. The zero-order chi connectivity index (χ0) is 16.6. The van der Waals surface area contributed by atoms with Crippen LogP contribution in [0.1, 0.15) is 52.4 Å². The minimum atomic E-state index is -0.137. The molecule has 2 atom stereocenters. The Hall–Kier alpha value is -0.810. The van der Waals surface area contributed by atoms with Crippen LogP contribution in [0.5, 0.6) is 0 Å². The highest BCUT2D eigenvalue weighted by Gasteiger charge is 2.43. The highest BCUT2D eigenvalue weighted by molar-refractivity contribution is 5.89. The molecule has 1 aliphatic carbocycles. The maximum Gasteiger partial charge on any atom is 0.228 e. The van der Waals surface area contributed by atoms with Crippen molar-refractivity contribution in [3.05, 3.63) is 0 Å². The Bertz CT molecular complexity index is 479. The molecule has 0 radical (unpaired) electrons. The summed E-state index contributed by atoms with van der Waals surface area (Å²) in [5.41, 5.74) is 5.89. The van der Waals surface area contributed by atoms with E-state index in [4.69, 9.17) is 5.73 Å². The smallest absolute Gasteiger partial charge is 0.228 e. The van der Waals surface area contributed by atoms with E-state index >= 15 is 0 Å². The molecule has 2 heterocycles. The molecule has 2 unspecified atom stereocenters. The van der Waals surface area contributed by atoms with E-state index in [0.717, 1.165) is 38.3 Å². The molecule has 0 aromatic carbocycles. The zero-order valence-electron chi connectivity index (χ0n) is 15.0. The normalized spacial score (nSPS) is 36.8. The number of likely N-dealkylation sites (tertiary alicyclic amines) is 2. The molecule has 3 rings (SSSR count). The van der Waals surface area contributed by atoms with Gasteiger partial charge in [-0.1, -0.05) is 13.8 Å². The molecule has 2 aliphatic heterocycles. The average Bonchev–Trinajstić information content (AvgIpc) is 3.12. The van der Waals surface area contributed by atoms with E-state index < -0.39 is 0 Å². The van der Waals surface area contributed by atoms with Gasteiger partial charge in [-0.05, 0) is 50.0 Å². The Balaban J connectivity index is 0.00000208. The summed E-state index contributed by atoms with van der Waals surface area (Å²) in [5, 5.41) is 0. The van der Waals surface area contributed by atoms with Gasteiger partial charge >= 0.3 is 0 Å². The third-order valence-electron chi connectivity index (χ3n) is 6.30. The lowest BCUT2D eigenvalue weighted by molar-refractivity contribution is -0.135. The van der Waals surface area contributed by atoms with Gasteiger partial charge in [0.2, 0.25) is 11.8 Å². The highest BCUT2D eigenvalue weighted by Crippen LogP contribution is 2.34. The number of rotatable bonds is 3. The molecular formula is C18H32ClN3O2. The largest absolute Gasteiger partial charge is 0.342 e. The van der Waals surface area contributed by atoms with E-state index in [1.54, 1.807) is 0 Å². The number of halogens is 1. The van der Waals surface area contributed by atoms with Crippen molar-refractivity contribution in [3.63, 3.8) is 0 Å². The van der Waals surface area contributed by atoms with Crippen LogP contribution in [0, 0.1) is 17.3 Å². The number of amides is 2. The summed E-state index contributed by atoms with van der Waals surface area (Å²) < 4.78 is 0. The van der Waals surface area contributed by atoms with E-state index in [1.807, 2.05) is 9.80 Å². The van der Waals surface area contributed by atoms with E-state index in [9.17, 15) is 9.59 Å². The van der Waals surface area contributed by atoms with Crippen molar-refractivity contribution in [3.8, 4) is 0 Å². The lowest BCUT2D eigenvalue weighted by Crippen LogP contribution is -2.41. The summed E-state index contributed by atoms with van der Waals surface area (Å²) in [6.45, 7) is 7.22. The molecule has 0 bridgehead atoms. The Morgan fingerprint density at radius 2 is 1.96 bits per heavy atom.